The van der Waals surface area contributed by atoms with Crippen molar-refractivity contribution in [3.63, 3.8) is 0 Å². The molecular formula is C11H9N5O5. The van der Waals surface area contributed by atoms with Crippen LogP contribution in [0.1, 0.15) is 16.4 Å². The Labute approximate surface area is 117 Å². The lowest BCUT2D eigenvalue weighted by molar-refractivity contribution is -0.384. The molecule has 0 fully saturated rings. The molecule has 10 heteroatoms. The number of fused-ring (bicyclic) bond motifs is 1. The Morgan fingerprint density at radius 1 is 1.43 bits per heavy atom. The number of carbonyl (C=O) groups excluding carboxylic acids is 1. The van der Waals surface area contributed by atoms with Crippen molar-refractivity contribution >= 4 is 17.3 Å². The Morgan fingerprint density at radius 2 is 2.14 bits per heavy atom. The third kappa shape index (κ3) is 2.33. The number of nitrogens with zero attached hydrogens (tertiary/aromatic N) is 3. The van der Waals surface area contributed by atoms with Crippen molar-refractivity contribution in [3.8, 4) is 11.5 Å². The van der Waals surface area contributed by atoms with E-state index in [9.17, 15) is 14.9 Å². The second-order valence-corrected chi connectivity index (χ2v) is 4.18. The van der Waals surface area contributed by atoms with Gasteiger partial charge in [-0.05, 0) is 6.92 Å². The molecule has 3 rings (SSSR count). The molecule has 2 aromatic rings. The van der Waals surface area contributed by atoms with Crippen LogP contribution in [0.3, 0.4) is 0 Å². The van der Waals surface area contributed by atoms with Gasteiger partial charge in [-0.1, -0.05) is 0 Å². The van der Waals surface area contributed by atoms with Crippen LogP contribution >= 0.6 is 0 Å². The lowest BCUT2D eigenvalue weighted by Gasteiger charge is -2.05. The minimum absolute atomic E-state index is 0.0169. The van der Waals surface area contributed by atoms with Crippen LogP contribution in [0.5, 0.6) is 11.5 Å². The average Bonchev–Trinajstić information content (AvgIpc) is 3.05. The number of aryl methyl sites for hydroxylation is 1. The van der Waals surface area contributed by atoms with E-state index in [2.05, 4.69) is 20.5 Å². The molecule has 1 aliphatic heterocycles. The van der Waals surface area contributed by atoms with Gasteiger partial charge in [0.25, 0.3) is 11.6 Å². The highest BCUT2D eigenvalue weighted by Crippen LogP contribution is 2.40. The Kier molecular flexibility index (Phi) is 2.90. The van der Waals surface area contributed by atoms with Gasteiger partial charge in [-0.25, -0.2) is 4.98 Å². The van der Waals surface area contributed by atoms with Crippen molar-refractivity contribution in [2.45, 2.75) is 6.92 Å². The fourth-order valence-electron chi connectivity index (χ4n) is 1.80. The monoisotopic (exact) mass is 291 g/mol. The molecule has 0 atom stereocenters. The van der Waals surface area contributed by atoms with Gasteiger partial charge in [-0.15, -0.1) is 5.10 Å². The molecule has 2 heterocycles. The molecule has 0 aliphatic carbocycles. The lowest BCUT2D eigenvalue weighted by Crippen LogP contribution is -2.15. The number of aromatic amines is 1. The van der Waals surface area contributed by atoms with Gasteiger partial charge >= 0.3 is 0 Å². The van der Waals surface area contributed by atoms with Crippen molar-refractivity contribution < 1.29 is 19.2 Å². The smallest absolute Gasteiger partial charge is 0.296 e. The Hall–Kier alpha value is -3.17. The number of anilines is 1. The largest absolute Gasteiger partial charge is 0.454 e. The van der Waals surface area contributed by atoms with E-state index in [1.54, 1.807) is 6.92 Å². The summed E-state index contributed by atoms with van der Waals surface area (Å²) in [5.74, 6) is 0.261. The first-order valence-electron chi connectivity index (χ1n) is 5.83. The normalized spacial score (nSPS) is 12.2. The molecule has 1 aliphatic rings. The Balaban J connectivity index is 1.94. The van der Waals surface area contributed by atoms with Gasteiger partial charge in [-0.3, -0.25) is 20.0 Å². The zero-order valence-corrected chi connectivity index (χ0v) is 10.7. The van der Waals surface area contributed by atoms with E-state index in [0.29, 0.717) is 11.6 Å². The highest BCUT2D eigenvalue weighted by Gasteiger charge is 2.25. The highest BCUT2D eigenvalue weighted by atomic mass is 16.7. The first-order valence-corrected chi connectivity index (χ1v) is 5.83. The zero-order chi connectivity index (χ0) is 15.0. The third-order valence-corrected chi connectivity index (χ3v) is 2.74. The van der Waals surface area contributed by atoms with E-state index in [1.165, 1.54) is 12.1 Å². The maximum absolute atomic E-state index is 12.0. The zero-order valence-electron chi connectivity index (χ0n) is 10.7. The molecule has 0 radical (unpaired) electrons. The van der Waals surface area contributed by atoms with Crippen LogP contribution in [-0.4, -0.2) is 32.8 Å². The summed E-state index contributed by atoms with van der Waals surface area (Å²) in [6.45, 7) is 1.61. The maximum Gasteiger partial charge on any atom is 0.296 e. The quantitative estimate of drug-likeness (QED) is 0.636. The number of nitro benzene ring substituents is 1. The summed E-state index contributed by atoms with van der Waals surface area (Å²) in [4.78, 5) is 26.2. The number of nitro groups is 1. The Morgan fingerprint density at radius 3 is 2.76 bits per heavy atom. The summed E-state index contributed by atoms with van der Waals surface area (Å²) in [7, 11) is 0. The number of hydrogen-bond donors (Lipinski definition) is 2. The van der Waals surface area contributed by atoms with Crippen LogP contribution < -0.4 is 14.8 Å². The van der Waals surface area contributed by atoms with Crippen LogP contribution in [0, 0.1) is 17.0 Å². The van der Waals surface area contributed by atoms with Crippen LogP contribution in [0.25, 0.3) is 0 Å². The minimum atomic E-state index is -0.665. The number of benzene rings is 1. The van der Waals surface area contributed by atoms with Crippen molar-refractivity contribution in [2.24, 2.45) is 0 Å². The topological polar surface area (TPSA) is 132 Å². The van der Waals surface area contributed by atoms with Crippen LogP contribution in [0.4, 0.5) is 11.4 Å². The average molecular weight is 291 g/mol. The number of nitrogens with one attached hydrogen (secondary N) is 2. The van der Waals surface area contributed by atoms with E-state index in [0.717, 1.165) is 0 Å². The van der Waals surface area contributed by atoms with Crippen molar-refractivity contribution in [3.05, 3.63) is 33.9 Å². The highest BCUT2D eigenvalue weighted by molar-refractivity contribution is 6.03. The van der Waals surface area contributed by atoms with Gasteiger partial charge in [0.15, 0.2) is 11.5 Å². The van der Waals surface area contributed by atoms with E-state index in [1.807, 2.05) is 0 Å². The van der Waals surface area contributed by atoms with Gasteiger partial charge in [0.05, 0.1) is 11.0 Å². The van der Waals surface area contributed by atoms with Crippen LogP contribution in [0.15, 0.2) is 12.1 Å². The van der Waals surface area contributed by atoms with Gasteiger partial charge in [0, 0.05) is 6.07 Å². The molecule has 2 N–H and O–H groups in total. The molecule has 0 spiro atoms. The molecule has 108 valence electrons. The summed E-state index contributed by atoms with van der Waals surface area (Å²) in [6, 6.07) is 2.53. The second-order valence-electron chi connectivity index (χ2n) is 4.18. The first kappa shape index (κ1) is 12.8. The summed E-state index contributed by atoms with van der Waals surface area (Å²) in [6.07, 6.45) is 0. The van der Waals surface area contributed by atoms with Crippen LogP contribution in [0.2, 0.25) is 0 Å². The molecule has 0 bridgehead atoms. The fourth-order valence-corrected chi connectivity index (χ4v) is 1.80. The van der Waals surface area contributed by atoms with Crippen molar-refractivity contribution in [1.29, 1.82) is 0 Å². The molecular weight excluding hydrogens is 282 g/mol. The molecule has 0 saturated carbocycles. The third-order valence-electron chi connectivity index (χ3n) is 2.74. The number of ether oxygens (including phenoxy) is 2. The van der Waals surface area contributed by atoms with Gasteiger partial charge in [0.1, 0.15) is 11.5 Å². The number of H-pyrrole nitrogens is 1. The van der Waals surface area contributed by atoms with Crippen molar-refractivity contribution in [2.75, 3.05) is 12.1 Å². The predicted octanol–water partition coefficient (Wildman–Crippen LogP) is 1.00. The van der Waals surface area contributed by atoms with E-state index in [-0.39, 0.29) is 29.7 Å². The van der Waals surface area contributed by atoms with E-state index >= 15 is 0 Å². The van der Waals surface area contributed by atoms with Gasteiger partial charge in [-0.2, -0.15) is 0 Å². The number of carbonyl (C=O) groups is 1. The summed E-state index contributed by atoms with van der Waals surface area (Å²) in [5, 5.41) is 19.7. The Bertz CT molecular complexity index is 741. The molecule has 0 saturated heterocycles. The predicted molar refractivity (Wildman–Crippen MR) is 68.3 cm³/mol. The summed E-state index contributed by atoms with van der Waals surface area (Å²) in [5.41, 5.74) is -0.323. The van der Waals surface area contributed by atoms with Crippen LogP contribution in [-0.2, 0) is 0 Å². The summed E-state index contributed by atoms with van der Waals surface area (Å²) < 4.78 is 10.2. The molecule has 10 nitrogen and oxygen atoms in total. The molecule has 1 amide bonds. The molecule has 1 aromatic heterocycles. The summed E-state index contributed by atoms with van der Waals surface area (Å²) >= 11 is 0. The van der Waals surface area contributed by atoms with Gasteiger partial charge in [0.2, 0.25) is 12.6 Å². The second kappa shape index (κ2) is 4.74. The molecule has 0 unspecified atom stereocenters. The fraction of sp³-hybridized carbons (Fsp3) is 0.182. The SMILES string of the molecule is Cc1nc(C(=O)Nc2cc3c(cc2[N+](=O)[O-])OCO3)n[nH]1. The number of aromatic nitrogens is 3. The molecule has 1 aromatic carbocycles. The van der Waals surface area contributed by atoms with Crippen molar-refractivity contribution in [1.82, 2.24) is 15.2 Å². The number of hydrogen-bond acceptors (Lipinski definition) is 7. The maximum atomic E-state index is 12.0. The first-order chi connectivity index (χ1) is 10.0. The standard InChI is InChI=1S/C11H9N5O5/c1-5-12-10(15-14-5)11(17)13-6-2-8-9(21-4-20-8)3-7(6)16(18)19/h2-3H,4H2,1H3,(H,13,17)(H,12,14,15). The number of amides is 1. The van der Waals surface area contributed by atoms with E-state index < -0.39 is 10.8 Å². The minimum Gasteiger partial charge on any atom is -0.454 e. The van der Waals surface area contributed by atoms with E-state index in [4.69, 9.17) is 9.47 Å². The molecule has 21 heavy (non-hydrogen) atoms. The number of rotatable bonds is 3. The van der Waals surface area contributed by atoms with Gasteiger partial charge < -0.3 is 14.8 Å². The lowest BCUT2D eigenvalue weighted by atomic mass is 10.2.